The van der Waals surface area contributed by atoms with Crippen molar-refractivity contribution >= 4 is 29.2 Å². The van der Waals surface area contributed by atoms with Crippen LogP contribution in [-0.2, 0) is 9.53 Å². The van der Waals surface area contributed by atoms with Gasteiger partial charge in [-0.05, 0) is 24.1 Å². The van der Waals surface area contributed by atoms with E-state index in [1.54, 1.807) is 25.1 Å². The Balaban J connectivity index is 2.72. The van der Waals surface area contributed by atoms with Crippen molar-refractivity contribution in [2.24, 2.45) is 5.92 Å². The van der Waals surface area contributed by atoms with Gasteiger partial charge in [0.25, 0.3) is 0 Å². The van der Waals surface area contributed by atoms with Crippen LogP contribution >= 0.6 is 23.2 Å². The molecule has 0 radical (unpaired) electrons. The summed E-state index contributed by atoms with van der Waals surface area (Å²) in [6.07, 6.45) is -0.483. The fraction of sp³-hybridized carbons (Fsp3) is 0.417. The molecule has 0 spiro atoms. The monoisotopic (exact) mass is 276 g/mol. The van der Waals surface area contributed by atoms with Crippen molar-refractivity contribution in [1.82, 2.24) is 0 Å². The smallest absolute Gasteiger partial charge is 0.308 e. The molecule has 0 aromatic heterocycles. The van der Waals surface area contributed by atoms with E-state index in [1.165, 1.54) is 7.11 Å². The van der Waals surface area contributed by atoms with Crippen LogP contribution in [-0.4, -0.2) is 18.2 Å². The van der Waals surface area contributed by atoms with Crippen molar-refractivity contribution in [3.63, 3.8) is 0 Å². The van der Waals surface area contributed by atoms with Gasteiger partial charge in [-0.3, -0.25) is 4.79 Å². The number of methoxy groups -OCH3 is 1. The number of ether oxygens (including phenoxy) is 1. The van der Waals surface area contributed by atoms with E-state index >= 15 is 0 Å². The third-order valence-electron chi connectivity index (χ3n) is 2.51. The molecule has 2 unspecified atom stereocenters. The second-order valence-electron chi connectivity index (χ2n) is 3.85. The number of hydrogen-bond acceptors (Lipinski definition) is 3. The van der Waals surface area contributed by atoms with Crippen LogP contribution in [0.2, 0.25) is 10.0 Å². The van der Waals surface area contributed by atoms with Crippen molar-refractivity contribution in [1.29, 1.82) is 0 Å². The Bertz CT molecular complexity index is 407. The molecule has 1 rings (SSSR count). The van der Waals surface area contributed by atoms with Crippen LogP contribution in [0.15, 0.2) is 18.2 Å². The molecule has 1 aromatic rings. The molecule has 3 nitrogen and oxygen atoms in total. The fourth-order valence-electron chi connectivity index (χ4n) is 1.49. The van der Waals surface area contributed by atoms with Crippen LogP contribution in [0.25, 0.3) is 0 Å². The zero-order valence-electron chi connectivity index (χ0n) is 9.61. The van der Waals surface area contributed by atoms with Gasteiger partial charge in [0, 0.05) is 0 Å². The molecule has 0 aliphatic carbocycles. The molecule has 17 heavy (non-hydrogen) atoms. The van der Waals surface area contributed by atoms with Gasteiger partial charge in [0.15, 0.2) is 0 Å². The number of benzene rings is 1. The van der Waals surface area contributed by atoms with Crippen LogP contribution in [0.3, 0.4) is 0 Å². The highest BCUT2D eigenvalue weighted by atomic mass is 35.5. The third kappa shape index (κ3) is 3.87. The minimum absolute atomic E-state index is 0.282. The molecule has 94 valence electrons. The average Bonchev–Trinajstić information content (AvgIpc) is 2.31. The first-order valence-electron chi connectivity index (χ1n) is 5.16. The average molecular weight is 277 g/mol. The summed E-state index contributed by atoms with van der Waals surface area (Å²) in [6, 6.07) is 4.90. The quantitative estimate of drug-likeness (QED) is 0.859. The van der Waals surface area contributed by atoms with Gasteiger partial charge in [0.05, 0.1) is 29.2 Å². The molecule has 0 saturated heterocycles. The molecular weight excluding hydrogens is 263 g/mol. The Morgan fingerprint density at radius 3 is 2.59 bits per heavy atom. The summed E-state index contributed by atoms with van der Waals surface area (Å²) in [5.41, 5.74) is 0.634. The first-order chi connectivity index (χ1) is 7.95. The summed E-state index contributed by atoms with van der Waals surface area (Å²) in [4.78, 5) is 11.2. The lowest BCUT2D eigenvalue weighted by Crippen LogP contribution is -2.16. The topological polar surface area (TPSA) is 46.5 Å². The van der Waals surface area contributed by atoms with Crippen molar-refractivity contribution in [3.05, 3.63) is 33.8 Å². The van der Waals surface area contributed by atoms with Gasteiger partial charge in [-0.2, -0.15) is 0 Å². The fourth-order valence-corrected chi connectivity index (χ4v) is 1.79. The lowest BCUT2D eigenvalue weighted by molar-refractivity contribution is -0.145. The molecular formula is C12H14Cl2O3. The van der Waals surface area contributed by atoms with Gasteiger partial charge in [-0.1, -0.05) is 36.2 Å². The van der Waals surface area contributed by atoms with Crippen molar-refractivity contribution in [2.45, 2.75) is 19.4 Å². The summed E-state index contributed by atoms with van der Waals surface area (Å²) in [5, 5.41) is 10.8. The molecule has 0 aliphatic rings. The van der Waals surface area contributed by atoms with E-state index in [0.717, 1.165) is 0 Å². The van der Waals surface area contributed by atoms with Crippen LogP contribution in [0, 0.1) is 5.92 Å². The first-order valence-corrected chi connectivity index (χ1v) is 5.92. The third-order valence-corrected chi connectivity index (χ3v) is 3.25. The molecule has 1 aromatic carbocycles. The van der Waals surface area contributed by atoms with Gasteiger partial charge in [-0.15, -0.1) is 0 Å². The van der Waals surface area contributed by atoms with Gasteiger partial charge < -0.3 is 9.84 Å². The molecule has 0 bridgehead atoms. The number of carbonyl (C=O) groups excluding carboxylic acids is 1. The van der Waals surface area contributed by atoms with Crippen LogP contribution in [0.5, 0.6) is 0 Å². The Labute approximate surface area is 110 Å². The van der Waals surface area contributed by atoms with Crippen molar-refractivity contribution in [2.75, 3.05) is 7.11 Å². The van der Waals surface area contributed by atoms with Crippen LogP contribution in [0.4, 0.5) is 0 Å². The second kappa shape index (κ2) is 6.24. The molecule has 0 aliphatic heterocycles. The van der Waals surface area contributed by atoms with Gasteiger partial charge in [0.1, 0.15) is 0 Å². The number of halogens is 2. The summed E-state index contributed by atoms with van der Waals surface area (Å²) in [6.45, 7) is 1.70. The van der Waals surface area contributed by atoms with E-state index < -0.39 is 6.10 Å². The summed E-state index contributed by atoms with van der Waals surface area (Å²) >= 11 is 11.6. The molecule has 2 atom stereocenters. The molecule has 0 saturated carbocycles. The highest BCUT2D eigenvalue weighted by Gasteiger charge is 2.19. The number of aliphatic hydroxyl groups is 1. The van der Waals surface area contributed by atoms with Crippen molar-refractivity contribution < 1.29 is 14.6 Å². The molecule has 5 heteroatoms. The van der Waals surface area contributed by atoms with E-state index in [0.29, 0.717) is 15.6 Å². The minimum atomic E-state index is -0.765. The lowest BCUT2D eigenvalue weighted by Gasteiger charge is -2.15. The van der Waals surface area contributed by atoms with E-state index in [1.807, 2.05) is 0 Å². The van der Waals surface area contributed by atoms with Gasteiger partial charge in [0.2, 0.25) is 0 Å². The van der Waals surface area contributed by atoms with Crippen LogP contribution < -0.4 is 0 Å². The Morgan fingerprint density at radius 1 is 1.41 bits per heavy atom. The van der Waals surface area contributed by atoms with E-state index in [-0.39, 0.29) is 18.3 Å². The molecule has 0 heterocycles. The predicted octanol–water partition coefficient (Wildman–Crippen LogP) is 3.23. The first kappa shape index (κ1) is 14.3. The number of rotatable bonds is 4. The lowest BCUT2D eigenvalue weighted by atomic mass is 9.98. The SMILES string of the molecule is COC(=O)C(C)CC(O)c1ccc(Cl)c(Cl)c1. The van der Waals surface area contributed by atoms with Crippen molar-refractivity contribution in [3.8, 4) is 0 Å². The van der Waals surface area contributed by atoms with Gasteiger partial charge in [-0.25, -0.2) is 0 Å². The predicted molar refractivity (Wildman–Crippen MR) is 67.2 cm³/mol. The molecule has 1 N–H and O–H groups in total. The van der Waals surface area contributed by atoms with Gasteiger partial charge >= 0.3 is 5.97 Å². The normalized spacial score (nSPS) is 14.2. The summed E-state index contributed by atoms with van der Waals surface area (Å²) in [7, 11) is 1.32. The number of hydrogen-bond donors (Lipinski definition) is 1. The molecule has 0 amide bonds. The minimum Gasteiger partial charge on any atom is -0.469 e. The number of aliphatic hydroxyl groups excluding tert-OH is 1. The summed E-state index contributed by atoms with van der Waals surface area (Å²) in [5.74, 6) is -0.714. The highest BCUT2D eigenvalue weighted by Crippen LogP contribution is 2.28. The Morgan fingerprint density at radius 2 is 2.06 bits per heavy atom. The Kier molecular flexibility index (Phi) is 5.25. The maximum Gasteiger partial charge on any atom is 0.308 e. The summed E-state index contributed by atoms with van der Waals surface area (Å²) < 4.78 is 4.59. The Hall–Kier alpha value is -0.770. The molecule has 0 fully saturated rings. The standard InChI is InChI=1S/C12H14Cl2O3/c1-7(12(16)17-2)5-11(15)8-3-4-9(13)10(14)6-8/h3-4,6-7,11,15H,5H2,1-2H3. The number of esters is 1. The largest absolute Gasteiger partial charge is 0.469 e. The van der Waals surface area contributed by atoms with E-state index in [9.17, 15) is 9.90 Å². The van der Waals surface area contributed by atoms with Crippen LogP contribution in [0.1, 0.15) is 25.0 Å². The maximum atomic E-state index is 11.2. The maximum absolute atomic E-state index is 11.2. The highest BCUT2D eigenvalue weighted by molar-refractivity contribution is 6.42. The zero-order chi connectivity index (χ0) is 13.0. The van der Waals surface area contributed by atoms with E-state index in [2.05, 4.69) is 4.74 Å². The van der Waals surface area contributed by atoms with E-state index in [4.69, 9.17) is 23.2 Å². The zero-order valence-corrected chi connectivity index (χ0v) is 11.1. The second-order valence-corrected chi connectivity index (χ2v) is 4.66. The number of carbonyl (C=O) groups is 1.